The van der Waals surface area contributed by atoms with Crippen molar-refractivity contribution in [3.8, 4) is 0 Å². The van der Waals surface area contributed by atoms with Crippen LogP contribution < -0.4 is 5.73 Å². The number of nitrogens with two attached hydrogens (primary N) is 1. The highest BCUT2D eigenvalue weighted by Crippen LogP contribution is 2.37. The van der Waals surface area contributed by atoms with Gasteiger partial charge in [0.05, 0.1) is 0 Å². The number of rotatable bonds is 3. The molecule has 0 amide bonds. The van der Waals surface area contributed by atoms with Gasteiger partial charge in [-0.25, -0.2) is 0 Å². The normalized spacial score (nSPS) is 28.5. The minimum Gasteiger partial charge on any atom is -0.381 e. The Hall–Kier alpha value is -0.120. The molecule has 0 radical (unpaired) electrons. The summed E-state index contributed by atoms with van der Waals surface area (Å²) in [6.07, 6.45) is 7.38. The van der Waals surface area contributed by atoms with E-state index in [1.165, 1.54) is 25.7 Å². The summed E-state index contributed by atoms with van der Waals surface area (Å²) in [5.41, 5.74) is 7.04. The van der Waals surface area contributed by atoms with Crippen LogP contribution in [-0.2, 0) is 4.74 Å². The first kappa shape index (κ1) is 14.3. The highest BCUT2D eigenvalue weighted by Gasteiger charge is 2.34. The maximum Gasteiger partial charge on any atom is 0.0484 e. The quantitative estimate of drug-likeness (QED) is 0.840. The second-order valence-corrected chi connectivity index (χ2v) is 7.29. The molecule has 2 fully saturated rings. The summed E-state index contributed by atoms with van der Waals surface area (Å²) < 4.78 is 5.42. The third-order valence-electron chi connectivity index (χ3n) is 4.98. The molecule has 2 N–H and O–H groups in total. The minimum atomic E-state index is -0.0139. The highest BCUT2D eigenvalue weighted by molar-refractivity contribution is 4.92. The molecule has 0 spiro atoms. The number of ether oxygens (including phenoxy) is 1. The van der Waals surface area contributed by atoms with Crippen molar-refractivity contribution < 1.29 is 4.74 Å². The van der Waals surface area contributed by atoms with Crippen LogP contribution in [0.1, 0.15) is 52.4 Å². The molecule has 2 rings (SSSR count). The lowest BCUT2D eigenvalue weighted by molar-refractivity contribution is 0.0282. The van der Waals surface area contributed by atoms with Crippen molar-refractivity contribution in [1.29, 1.82) is 0 Å². The Morgan fingerprint density at radius 1 is 1.11 bits per heavy atom. The fraction of sp³-hybridized carbons (Fsp3) is 1.00. The van der Waals surface area contributed by atoms with E-state index in [0.29, 0.717) is 5.41 Å². The molecular weight excluding hydrogens is 224 g/mol. The Kier molecular flexibility index (Phi) is 4.35. The van der Waals surface area contributed by atoms with Crippen LogP contribution in [0, 0.1) is 5.41 Å². The van der Waals surface area contributed by atoms with Gasteiger partial charge in [-0.3, -0.25) is 0 Å². The molecule has 1 saturated carbocycles. The monoisotopic (exact) mass is 254 g/mol. The van der Waals surface area contributed by atoms with Crippen molar-refractivity contribution in [3.63, 3.8) is 0 Å². The van der Waals surface area contributed by atoms with Crippen LogP contribution in [0.5, 0.6) is 0 Å². The van der Waals surface area contributed by atoms with Gasteiger partial charge < -0.3 is 15.4 Å². The summed E-state index contributed by atoms with van der Waals surface area (Å²) in [5.74, 6) is 0. The first-order valence-corrected chi connectivity index (χ1v) is 7.47. The summed E-state index contributed by atoms with van der Waals surface area (Å²) in [6, 6.07) is 0.737. The van der Waals surface area contributed by atoms with Crippen LogP contribution in [0.3, 0.4) is 0 Å². The lowest BCUT2D eigenvalue weighted by atomic mass is 9.75. The van der Waals surface area contributed by atoms with Gasteiger partial charge in [-0.05, 0) is 51.0 Å². The second kappa shape index (κ2) is 5.48. The van der Waals surface area contributed by atoms with E-state index >= 15 is 0 Å². The van der Waals surface area contributed by atoms with Crippen LogP contribution in [0.25, 0.3) is 0 Å². The van der Waals surface area contributed by atoms with Gasteiger partial charge in [-0.15, -0.1) is 0 Å². The molecule has 0 aromatic carbocycles. The smallest absolute Gasteiger partial charge is 0.0484 e. The first-order valence-electron chi connectivity index (χ1n) is 7.47. The maximum absolute atomic E-state index is 6.50. The lowest BCUT2D eigenvalue weighted by Crippen LogP contribution is -2.55. The zero-order chi connectivity index (χ0) is 13.2. The average molecular weight is 254 g/mol. The molecule has 0 aromatic heterocycles. The fourth-order valence-corrected chi connectivity index (χ4v) is 3.39. The largest absolute Gasteiger partial charge is 0.381 e. The van der Waals surface area contributed by atoms with Gasteiger partial charge in [0.25, 0.3) is 0 Å². The van der Waals surface area contributed by atoms with Crippen LogP contribution in [-0.4, -0.2) is 43.3 Å². The van der Waals surface area contributed by atoms with Crippen LogP contribution in [0.15, 0.2) is 0 Å². The molecule has 1 saturated heterocycles. The third kappa shape index (κ3) is 3.69. The van der Waals surface area contributed by atoms with E-state index in [9.17, 15) is 0 Å². The number of hydrogen-bond donors (Lipinski definition) is 1. The molecule has 1 aliphatic carbocycles. The molecule has 0 aromatic rings. The third-order valence-corrected chi connectivity index (χ3v) is 4.98. The van der Waals surface area contributed by atoms with E-state index < -0.39 is 0 Å². The SMILES string of the molecule is CN(CC1(N)CCOCC1)C1CCC(C)(C)CC1. The summed E-state index contributed by atoms with van der Waals surface area (Å²) >= 11 is 0. The topological polar surface area (TPSA) is 38.5 Å². The van der Waals surface area contributed by atoms with Crippen molar-refractivity contribution in [2.75, 3.05) is 26.8 Å². The van der Waals surface area contributed by atoms with E-state index in [1.807, 2.05) is 0 Å². The molecule has 18 heavy (non-hydrogen) atoms. The van der Waals surface area contributed by atoms with Crippen molar-refractivity contribution in [3.05, 3.63) is 0 Å². The van der Waals surface area contributed by atoms with Gasteiger partial charge in [0.1, 0.15) is 0 Å². The van der Waals surface area contributed by atoms with Gasteiger partial charge in [0.15, 0.2) is 0 Å². The lowest BCUT2D eigenvalue weighted by Gasteiger charge is -2.43. The number of likely N-dealkylation sites (N-methyl/N-ethyl adjacent to an activating group) is 1. The Bertz CT molecular complexity index is 262. The summed E-state index contributed by atoms with van der Waals surface area (Å²) in [7, 11) is 2.26. The molecule has 1 aliphatic heterocycles. The maximum atomic E-state index is 6.50. The Morgan fingerprint density at radius 2 is 1.67 bits per heavy atom. The predicted octanol–water partition coefficient (Wildman–Crippen LogP) is 2.39. The predicted molar refractivity (Wildman–Crippen MR) is 75.6 cm³/mol. The Labute approximate surface area is 112 Å². The number of hydrogen-bond acceptors (Lipinski definition) is 3. The summed E-state index contributed by atoms with van der Waals surface area (Å²) in [6.45, 7) is 7.49. The van der Waals surface area contributed by atoms with Crippen molar-refractivity contribution in [1.82, 2.24) is 4.90 Å². The summed E-state index contributed by atoms with van der Waals surface area (Å²) in [5, 5.41) is 0. The van der Waals surface area contributed by atoms with Crippen LogP contribution >= 0.6 is 0 Å². The van der Waals surface area contributed by atoms with Gasteiger partial charge in [0.2, 0.25) is 0 Å². The summed E-state index contributed by atoms with van der Waals surface area (Å²) in [4.78, 5) is 2.51. The van der Waals surface area contributed by atoms with Gasteiger partial charge in [-0.1, -0.05) is 13.8 Å². The van der Waals surface area contributed by atoms with Crippen molar-refractivity contribution >= 4 is 0 Å². The Balaban J connectivity index is 1.82. The number of nitrogens with zero attached hydrogens (tertiary/aromatic N) is 1. The molecule has 3 heteroatoms. The fourth-order valence-electron chi connectivity index (χ4n) is 3.39. The van der Waals surface area contributed by atoms with E-state index in [2.05, 4.69) is 25.8 Å². The standard InChI is InChI=1S/C15H30N2O/c1-14(2)6-4-13(5-7-14)17(3)12-15(16)8-10-18-11-9-15/h13H,4-12,16H2,1-3H3. The molecule has 106 valence electrons. The van der Waals surface area contributed by atoms with E-state index in [1.54, 1.807) is 0 Å². The molecular formula is C15H30N2O. The zero-order valence-corrected chi connectivity index (χ0v) is 12.4. The van der Waals surface area contributed by atoms with Crippen molar-refractivity contribution in [2.24, 2.45) is 11.1 Å². The average Bonchev–Trinajstić information content (AvgIpc) is 2.29. The minimum absolute atomic E-state index is 0.0139. The van der Waals surface area contributed by atoms with Crippen LogP contribution in [0.4, 0.5) is 0 Å². The van der Waals surface area contributed by atoms with Crippen LogP contribution in [0.2, 0.25) is 0 Å². The molecule has 2 aliphatic rings. The second-order valence-electron chi connectivity index (χ2n) is 7.29. The highest BCUT2D eigenvalue weighted by atomic mass is 16.5. The van der Waals surface area contributed by atoms with Gasteiger partial charge in [0, 0.05) is 31.3 Å². The molecule has 1 heterocycles. The molecule has 3 nitrogen and oxygen atoms in total. The Morgan fingerprint density at radius 3 is 2.22 bits per heavy atom. The van der Waals surface area contributed by atoms with E-state index in [4.69, 9.17) is 10.5 Å². The van der Waals surface area contributed by atoms with E-state index in [0.717, 1.165) is 38.6 Å². The van der Waals surface area contributed by atoms with Gasteiger partial charge >= 0.3 is 0 Å². The van der Waals surface area contributed by atoms with Crippen molar-refractivity contribution in [2.45, 2.75) is 64.0 Å². The van der Waals surface area contributed by atoms with Gasteiger partial charge in [-0.2, -0.15) is 0 Å². The molecule has 0 atom stereocenters. The molecule has 0 unspecified atom stereocenters. The van der Waals surface area contributed by atoms with E-state index in [-0.39, 0.29) is 5.54 Å². The zero-order valence-electron chi connectivity index (χ0n) is 12.4. The first-order chi connectivity index (χ1) is 8.40. The molecule has 0 bridgehead atoms.